The summed E-state index contributed by atoms with van der Waals surface area (Å²) in [5.74, 6) is -0.308. The molecule has 2 rings (SSSR count). The molecule has 18 heavy (non-hydrogen) atoms. The van der Waals surface area contributed by atoms with E-state index in [-0.39, 0.29) is 30.0 Å². The van der Waals surface area contributed by atoms with Crippen molar-refractivity contribution in [1.29, 1.82) is 0 Å². The average Bonchev–Trinajstić information content (AvgIpc) is 2.71. The van der Waals surface area contributed by atoms with Crippen molar-refractivity contribution >= 4 is 27.3 Å². The van der Waals surface area contributed by atoms with Gasteiger partial charge in [0.15, 0.2) is 9.84 Å². The molecule has 0 spiro atoms. The number of nitrogens with two attached hydrogens (primary N) is 1. The number of hydrogen-bond acceptors (Lipinski definition) is 5. The van der Waals surface area contributed by atoms with Crippen molar-refractivity contribution in [2.24, 2.45) is 5.73 Å². The third kappa shape index (κ3) is 3.57. The fraction of sp³-hybridized carbons (Fsp3) is 0.900. The summed E-state index contributed by atoms with van der Waals surface area (Å²) in [6.45, 7) is 1.77. The highest BCUT2D eigenvalue weighted by Crippen LogP contribution is 2.18. The molecular formula is C10H18ClN3O3S. The van der Waals surface area contributed by atoms with Gasteiger partial charge in [0.1, 0.15) is 0 Å². The van der Waals surface area contributed by atoms with Gasteiger partial charge in [0, 0.05) is 19.1 Å². The van der Waals surface area contributed by atoms with Crippen LogP contribution in [0.1, 0.15) is 6.42 Å². The molecule has 2 aliphatic heterocycles. The maximum Gasteiger partial charge on any atom is 0.234 e. The van der Waals surface area contributed by atoms with E-state index < -0.39 is 21.3 Å². The molecule has 8 heteroatoms. The van der Waals surface area contributed by atoms with Gasteiger partial charge in [-0.05, 0) is 6.42 Å². The number of rotatable bonds is 3. The third-order valence-electron chi connectivity index (χ3n) is 3.31. The van der Waals surface area contributed by atoms with E-state index in [0.29, 0.717) is 6.54 Å². The highest BCUT2D eigenvalue weighted by molar-refractivity contribution is 7.91. The molecule has 0 aromatic carbocycles. The Balaban J connectivity index is 1.81. The first-order chi connectivity index (χ1) is 8.35. The second kappa shape index (κ2) is 5.32. The number of sulfone groups is 1. The van der Waals surface area contributed by atoms with E-state index in [4.69, 9.17) is 17.3 Å². The molecule has 1 amide bonds. The summed E-state index contributed by atoms with van der Waals surface area (Å²) >= 11 is 5.92. The standard InChI is InChI=1S/C10H18ClN3O3S/c11-8-5-18(16,17)6-9(8)13-10(15)4-14-2-1-7(12)3-14/h7-9H,1-6,12H2,(H,13,15)/t7-,8?,9?/m0/s1. The monoisotopic (exact) mass is 295 g/mol. The third-order valence-corrected chi connectivity index (χ3v) is 5.68. The predicted molar refractivity (Wildman–Crippen MR) is 69.3 cm³/mol. The quantitative estimate of drug-likeness (QED) is 0.621. The molecule has 2 fully saturated rings. The lowest BCUT2D eigenvalue weighted by molar-refractivity contribution is -0.122. The Morgan fingerprint density at radius 2 is 2.17 bits per heavy atom. The van der Waals surface area contributed by atoms with E-state index >= 15 is 0 Å². The molecule has 0 bridgehead atoms. The smallest absolute Gasteiger partial charge is 0.234 e. The number of hydrogen-bond donors (Lipinski definition) is 2. The summed E-state index contributed by atoms with van der Waals surface area (Å²) in [6, 6.07) is -0.342. The zero-order valence-electron chi connectivity index (χ0n) is 10.0. The molecule has 2 saturated heterocycles. The number of likely N-dealkylation sites (tertiary alicyclic amines) is 1. The summed E-state index contributed by atoms with van der Waals surface area (Å²) in [7, 11) is -3.11. The normalized spacial score (nSPS) is 35.8. The predicted octanol–water partition coefficient (Wildman–Crippen LogP) is -1.46. The Kier molecular flexibility index (Phi) is 4.15. The van der Waals surface area contributed by atoms with Crippen LogP contribution in [-0.4, -0.2) is 67.8 Å². The molecule has 2 unspecified atom stereocenters. The molecule has 3 atom stereocenters. The summed E-state index contributed by atoms with van der Waals surface area (Å²) < 4.78 is 22.7. The lowest BCUT2D eigenvalue weighted by Crippen LogP contribution is -2.45. The van der Waals surface area contributed by atoms with E-state index in [1.807, 2.05) is 4.90 Å². The molecule has 2 aliphatic rings. The fourth-order valence-corrected chi connectivity index (χ4v) is 4.95. The van der Waals surface area contributed by atoms with E-state index in [1.54, 1.807) is 0 Å². The van der Waals surface area contributed by atoms with Crippen molar-refractivity contribution in [1.82, 2.24) is 10.2 Å². The fourth-order valence-electron chi connectivity index (χ4n) is 2.40. The average molecular weight is 296 g/mol. The molecular weight excluding hydrogens is 278 g/mol. The maximum absolute atomic E-state index is 11.8. The van der Waals surface area contributed by atoms with E-state index in [9.17, 15) is 13.2 Å². The SMILES string of the molecule is N[C@H]1CCN(CC(=O)NC2CS(=O)(=O)CC2Cl)C1. The molecule has 104 valence electrons. The van der Waals surface area contributed by atoms with Gasteiger partial charge in [0.2, 0.25) is 5.91 Å². The van der Waals surface area contributed by atoms with Crippen molar-refractivity contribution < 1.29 is 13.2 Å². The van der Waals surface area contributed by atoms with Gasteiger partial charge in [-0.3, -0.25) is 9.69 Å². The lowest BCUT2D eigenvalue weighted by Gasteiger charge is -2.18. The van der Waals surface area contributed by atoms with E-state index in [1.165, 1.54) is 0 Å². The van der Waals surface area contributed by atoms with Crippen LogP contribution in [0.3, 0.4) is 0 Å². The summed E-state index contributed by atoms with van der Waals surface area (Å²) in [5, 5.41) is 2.17. The molecule has 3 N–H and O–H groups in total. The van der Waals surface area contributed by atoms with Gasteiger partial charge in [-0.25, -0.2) is 8.42 Å². The highest BCUT2D eigenvalue weighted by Gasteiger charge is 2.37. The van der Waals surface area contributed by atoms with E-state index in [2.05, 4.69) is 5.32 Å². The Morgan fingerprint density at radius 3 is 2.67 bits per heavy atom. The summed E-state index contributed by atoms with van der Waals surface area (Å²) in [6.07, 6.45) is 0.892. The van der Waals surface area contributed by atoms with Crippen LogP contribution in [0, 0.1) is 0 Å². The number of amides is 1. The number of nitrogens with one attached hydrogen (secondary N) is 1. The molecule has 0 saturated carbocycles. The van der Waals surface area contributed by atoms with Crippen LogP contribution in [0.2, 0.25) is 0 Å². The molecule has 6 nitrogen and oxygen atoms in total. The topological polar surface area (TPSA) is 92.5 Å². The molecule has 0 aliphatic carbocycles. The zero-order valence-corrected chi connectivity index (χ0v) is 11.6. The Hall–Kier alpha value is -0.370. The Labute approximate surface area is 112 Å². The first kappa shape index (κ1) is 14.0. The Bertz CT molecular complexity index is 428. The van der Waals surface area contributed by atoms with Crippen molar-refractivity contribution in [2.45, 2.75) is 23.9 Å². The van der Waals surface area contributed by atoms with Gasteiger partial charge in [-0.15, -0.1) is 11.6 Å². The first-order valence-electron chi connectivity index (χ1n) is 5.97. The number of alkyl halides is 1. The Morgan fingerprint density at radius 1 is 1.44 bits per heavy atom. The number of nitrogens with zero attached hydrogens (tertiary/aromatic N) is 1. The zero-order chi connectivity index (χ0) is 13.3. The van der Waals surface area contributed by atoms with Gasteiger partial charge < -0.3 is 11.1 Å². The van der Waals surface area contributed by atoms with Crippen molar-refractivity contribution in [3.05, 3.63) is 0 Å². The van der Waals surface area contributed by atoms with Crippen LogP contribution in [0.25, 0.3) is 0 Å². The van der Waals surface area contributed by atoms with Gasteiger partial charge >= 0.3 is 0 Å². The summed E-state index contributed by atoms with van der Waals surface area (Å²) in [5.41, 5.74) is 5.75. The van der Waals surface area contributed by atoms with Crippen LogP contribution in [0.4, 0.5) is 0 Å². The van der Waals surface area contributed by atoms with E-state index in [0.717, 1.165) is 13.0 Å². The second-order valence-corrected chi connectivity index (χ2v) is 7.77. The molecule has 0 aromatic heterocycles. The first-order valence-corrected chi connectivity index (χ1v) is 8.23. The van der Waals surface area contributed by atoms with Crippen LogP contribution in [0.5, 0.6) is 0 Å². The molecule has 2 heterocycles. The number of halogens is 1. The maximum atomic E-state index is 11.8. The minimum atomic E-state index is -3.11. The van der Waals surface area contributed by atoms with Gasteiger partial charge in [-0.1, -0.05) is 0 Å². The van der Waals surface area contributed by atoms with Crippen LogP contribution in [0.15, 0.2) is 0 Å². The summed E-state index contributed by atoms with van der Waals surface area (Å²) in [4.78, 5) is 13.7. The second-order valence-electron chi connectivity index (χ2n) is 5.05. The number of carbonyl (C=O) groups excluding carboxylic acids is 1. The van der Waals surface area contributed by atoms with Crippen LogP contribution >= 0.6 is 11.6 Å². The minimum absolute atomic E-state index is 0.0614. The van der Waals surface area contributed by atoms with Crippen molar-refractivity contribution in [3.8, 4) is 0 Å². The van der Waals surface area contributed by atoms with Crippen LogP contribution in [-0.2, 0) is 14.6 Å². The number of carbonyl (C=O) groups is 1. The largest absolute Gasteiger partial charge is 0.350 e. The van der Waals surface area contributed by atoms with Gasteiger partial charge in [-0.2, -0.15) is 0 Å². The van der Waals surface area contributed by atoms with Gasteiger partial charge in [0.05, 0.1) is 29.5 Å². The van der Waals surface area contributed by atoms with Crippen molar-refractivity contribution in [3.63, 3.8) is 0 Å². The molecule has 0 aromatic rings. The highest BCUT2D eigenvalue weighted by atomic mass is 35.5. The van der Waals surface area contributed by atoms with Crippen LogP contribution < -0.4 is 11.1 Å². The molecule has 0 radical (unpaired) electrons. The minimum Gasteiger partial charge on any atom is -0.350 e. The van der Waals surface area contributed by atoms with Gasteiger partial charge in [0.25, 0.3) is 0 Å². The van der Waals surface area contributed by atoms with Crippen molar-refractivity contribution in [2.75, 3.05) is 31.1 Å². The lowest BCUT2D eigenvalue weighted by atomic mass is 10.2.